The van der Waals surface area contributed by atoms with Gasteiger partial charge in [-0.3, -0.25) is 4.79 Å². The minimum atomic E-state index is -0.562. The number of nitrogens with one attached hydrogen (secondary N) is 1. The van der Waals surface area contributed by atoms with Gasteiger partial charge < -0.3 is 10.1 Å². The Bertz CT molecular complexity index is 760. The summed E-state index contributed by atoms with van der Waals surface area (Å²) < 4.78 is 21.1. The largest absolute Gasteiger partial charge is 0.381 e. The molecule has 3 rings (SSSR count). The average Bonchev–Trinajstić information content (AvgIpc) is 2.58. The molecule has 1 heterocycles. The molecule has 1 N–H and O–H groups in total. The Labute approximate surface area is 156 Å². The second-order valence-electron chi connectivity index (χ2n) is 5.78. The average molecular weight is 457 g/mol. The molecule has 0 spiro atoms. The van der Waals surface area contributed by atoms with Gasteiger partial charge in [0.2, 0.25) is 0 Å². The standard InChI is InChI=1S/C18H16Br2FNO2/c19-13-3-1-2-12(10-13)18(6-8-24-9-7-18)22-17(23)15-11-14(20)4-5-16(15)21/h1-5,10-11H,6-9H2,(H,22,23). The normalized spacial score (nSPS) is 16.6. The summed E-state index contributed by atoms with van der Waals surface area (Å²) in [5, 5.41) is 3.06. The highest BCUT2D eigenvalue weighted by molar-refractivity contribution is 9.10. The number of hydrogen-bond acceptors (Lipinski definition) is 2. The van der Waals surface area contributed by atoms with E-state index in [4.69, 9.17) is 4.74 Å². The van der Waals surface area contributed by atoms with Crippen molar-refractivity contribution in [2.45, 2.75) is 18.4 Å². The number of ether oxygens (including phenoxy) is 1. The Kier molecular flexibility index (Phi) is 5.37. The van der Waals surface area contributed by atoms with Crippen LogP contribution in [0.25, 0.3) is 0 Å². The highest BCUT2D eigenvalue weighted by Gasteiger charge is 2.36. The van der Waals surface area contributed by atoms with Crippen LogP contribution < -0.4 is 5.32 Å². The van der Waals surface area contributed by atoms with E-state index in [1.807, 2.05) is 24.3 Å². The van der Waals surface area contributed by atoms with E-state index in [1.54, 1.807) is 6.07 Å². The van der Waals surface area contributed by atoms with Gasteiger partial charge in [0, 0.05) is 22.2 Å². The van der Waals surface area contributed by atoms with Crippen molar-refractivity contribution >= 4 is 37.8 Å². The Morgan fingerprint density at radius 3 is 2.50 bits per heavy atom. The second kappa shape index (κ2) is 7.33. The van der Waals surface area contributed by atoms with Crippen molar-refractivity contribution < 1.29 is 13.9 Å². The highest BCUT2D eigenvalue weighted by Crippen LogP contribution is 2.34. The monoisotopic (exact) mass is 455 g/mol. The molecular weight excluding hydrogens is 441 g/mol. The quantitative estimate of drug-likeness (QED) is 0.721. The van der Waals surface area contributed by atoms with Gasteiger partial charge in [-0.05, 0) is 48.7 Å². The van der Waals surface area contributed by atoms with Crippen molar-refractivity contribution in [2.24, 2.45) is 0 Å². The molecule has 1 aliphatic heterocycles. The molecule has 24 heavy (non-hydrogen) atoms. The second-order valence-corrected chi connectivity index (χ2v) is 7.61. The summed E-state index contributed by atoms with van der Waals surface area (Å²) in [5.41, 5.74) is 0.461. The smallest absolute Gasteiger partial charge is 0.254 e. The number of halogens is 3. The van der Waals surface area contributed by atoms with E-state index in [-0.39, 0.29) is 5.56 Å². The van der Waals surface area contributed by atoms with Crippen molar-refractivity contribution in [1.82, 2.24) is 5.32 Å². The zero-order valence-electron chi connectivity index (χ0n) is 12.8. The van der Waals surface area contributed by atoms with Crippen molar-refractivity contribution in [3.05, 3.63) is 68.4 Å². The van der Waals surface area contributed by atoms with Crippen molar-refractivity contribution in [1.29, 1.82) is 0 Å². The van der Waals surface area contributed by atoms with Crippen LogP contribution in [-0.2, 0) is 10.3 Å². The van der Waals surface area contributed by atoms with Gasteiger partial charge in [-0.1, -0.05) is 44.0 Å². The van der Waals surface area contributed by atoms with E-state index in [0.29, 0.717) is 30.5 Å². The summed E-state index contributed by atoms with van der Waals surface area (Å²) in [6.07, 6.45) is 1.29. The number of hydrogen-bond donors (Lipinski definition) is 1. The summed E-state index contributed by atoms with van der Waals surface area (Å²) in [6, 6.07) is 12.2. The van der Waals surface area contributed by atoms with Crippen LogP contribution in [0.4, 0.5) is 4.39 Å². The first-order valence-corrected chi connectivity index (χ1v) is 9.20. The van der Waals surface area contributed by atoms with E-state index in [0.717, 1.165) is 10.0 Å². The minimum absolute atomic E-state index is 0.0326. The molecule has 1 fully saturated rings. The molecule has 0 aliphatic carbocycles. The maximum absolute atomic E-state index is 14.1. The third-order valence-electron chi connectivity index (χ3n) is 4.25. The van der Waals surface area contributed by atoms with Crippen molar-refractivity contribution in [2.75, 3.05) is 13.2 Å². The van der Waals surface area contributed by atoms with E-state index >= 15 is 0 Å². The summed E-state index contributed by atoms with van der Waals surface area (Å²) in [5.74, 6) is -0.956. The molecule has 3 nitrogen and oxygen atoms in total. The first-order chi connectivity index (χ1) is 11.5. The molecule has 0 radical (unpaired) electrons. The first-order valence-electron chi connectivity index (χ1n) is 7.61. The molecular formula is C18H16Br2FNO2. The lowest BCUT2D eigenvalue weighted by Crippen LogP contribution is -2.49. The van der Waals surface area contributed by atoms with E-state index in [1.165, 1.54) is 12.1 Å². The van der Waals surface area contributed by atoms with Gasteiger partial charge in [0.15, 0.2) is 0 Å². The summed E-state index contributed by atoms with van der Waals surface area (Å²) in [7, 11) is 0. The van der Waals surface area contributed by atoms with Crippen LogP contribution in [0.15, 0.2) is 51.4 Å². The van der Waals surface area contributed by atoms with Gasteiger partial charge in [0.25, 0.3) is 5.91 Å². The molecule has 0 saturated carbocycles. The highest BCUT2D eigenvalue weighted by atomic mass is 79.9. The molecule has 0 bridgehead atoms. The molecule has 2 aromatic carbocycles. The summed E-state index contributed by atoms with van der Waals surface area (Å²) >= 11 is 6.76. The lowest BCUT2D eigenvalue weighted by atomic mass is 9.82. The minimum Gasteiger partial charge on any atom is -0.381 e. The van der Waals surface area contributed by atoms with Gasteiger partial charge in [-0.2, -0.15) is 0 Å². The predicted octanol–water partition coefficient (Wildman–Crippen LogP) is 4.79. The fraction of sp³-hybridized carbons (Fsp3) is 0.278. The predicted molar refractivity (Wildman–Crippen MR) is 97.4 cm³/mol. The third kappa shape index (κ3) is 3.71. The van der Waals surface area contributed by atoms with Crippen molar-refractivity contribution in [3.8, 4) is 0 Å². The summed E-state index contributed by atoms with van der Waals surface area (Å²) in [6.45, 7) is 1.10. The molecule has 2 aromatic rings. The SMILES string of the molecule is O=C(NC1(c2cccc(Br)c2)CCOCC1)c1cc(Br)ccc1F. The Morgan fingerprint density at radius 2 is 1.79 bits per heavy atom. The third-order valence-corrected chi connectivity index (χ3v) is 5.24. The topological polar surface area (TPSA) is 38.3 Å². The zero-order chi connectivity index (χ0) is 17.2. The maximum atomic E-state index is 14.1. The van der Waals surface area contributed by atoms with Crippen molar-refractivity contribution in [3.63, 3.8) is 0 Å². The van der Waals surface area contributed by atoms with Gasteiger partial charge in [0.05, 0.1) is 11.1 Å². The number of amides is 1. The molecule has 0 unspecified atom stereocenters. The number of benzene rings is 2. The van der Waals surface area contributed by atoms with Gasteiger partial charge >= 0.3 is 0 Å². The van der Waals surface area contributed by atoms with Crippen LogP contribution in [0, 0.1) is 5.82 Å². The Hall–Kier alpha value is -1.24. The Balaban J connectivity index is 1.95. The first kappa shape index (κ1) is 17.6. The number of carbonyl (C=O) groups is 1. The zero-order valence-corrected chi connectivity index (χ0v) is 16.0. The van der Waals surface area contributed by atoms with Crippen LogP contribution in [-0.4, -0.2) is 19.1 Å². The van der Waals surface area contributed by atoms with Gasteiger partial charge in [-0.25, -0.2) is 4.39 Å². The van der Waals surface area contributed by atoms with Crippen LogP contribution in [0.5, 0.6) is 0 Å². The number of rotatable bonds is 3. The van der Waals surface area contributed by atoms with Gasteiger partial charge in [-0.15, -0.1) is 0 Å². The van der Waals surface area contributed by atoms with Crippen LogP contribution in [0.3, 0.4) is 0 Å². The van der Waals surface area contributed by atoms with E-state index in [9.17, 15) is 9.18 Å². The Morgan fingerprint density at radius 1 is 1.08 bits per heavy atom. The molecule has 126 valence electrons. The maximum Gasteiger partial charge on any atom is 0.254 e. The molecule has 0 aromatic heterocycles. The number of carbonyl (C=O) groups excluding carboxylic acids is 1. The van der Waals surface area contributed by atoms with Crippen LogP contribution in [0.2, 0.25) is 0 Å². The molecule has 6 heteroatoms. The summed E-state index contributed by atoms with van der Waals surface area (Å²) in [4.78, 5) is 12.7. The van der Waals surface area contributed by atoms with E-state index in [2.05, 4.69) is 37.2 Å². The van der Waals surface area contributed by atoms with Crippen LogP contribution in [0.1, 0.15) is 28.8 Å². The van der Waals surface area contributed by atoms with E-state index < -0.39 is 17.3 Å². The van der Waals surface area contributed by atoms with Crippen LogP contribution >= 0.6 is 31.9 Å². The molecule has 1 saturated heterocycles. The fourth-order valence-electron chi connectivity index (χ4n) is 2.95. The molecule has 1 amide bonds. The van der Waals surface area contributed by atoms with Gasteiger partial charge in [0.1, 0.15) is 5.82 Å². The fourth-order valence-corrected chi connectivity index (χ4v) is 3.71. The molecule has 0 atom stereocenters. The lowest BCUT2D eigenvalue weighted by Gasteiger charge is -2.38. The lowest BCUT2D eigenvalue weighted by molar-refractivity contribution is 0.0344. The molecule has 1 aliphatic rings.